The molecule has 0 atom stereocenters. The third-order valence-corrected chi connectivity index (χ3v) is 2.71. The van der Waals surface area contributed by atoms with Crippen molar-refractivity contribution in [3.63, 3.8) is 0 Å². The van der Waals surface area contributed by atoms with Gasteiger partial charge in [-0.2, -0.15) is 0 Å². The van der Waals surface area contributed by atoms with Crippen molar-refractivity contribution in [1.29, 1.82) is 0 Å². The quantitative estimate of drug-likeness (QED) is 0.882. The average molecular weight is 260 g/mol. The van der Waals surface area contributed by atoms with E-state index in [-0.39, 0.29) is 17.5 Å². The lowest BCUT2D eigenvalue weighted by Crippen LogP contribution is -2.31. The number of rotatable bonds is 3. The second kappa shape index (κ2) is 5.14. The molecule has 0 unspecified atom stereocenters. The molecule has 5 nitrogen and oxygen atoms in total. The first kappa shape index (κ1) is 13.1. The van der Waals surface area contributed by atoms with E-state index in [0.717, 1.165) is 0 Å². The Morgan fingerprint density at radius 1 is 1.32 bits per heavy atom. The molecule has 2 rings (SSSR count). The van der Waals surface area contributed by atoms with Crippen molar-refractivity contribution in [1.82, 2.24) is 10.3 Å². The van der Waals surface area contributed by atoms with Crippen molar-refractivity contribution >= 4 is 16.8 Å². The number of nitrogens with one attached hydrogen (secondary N) is 2. The molecule has 0 aliphatic rings. The number of hydrogen-bond donors (Lipinski definition) is 2. The van der Waals surface area contributed by atoms with E-state index in [9.17, 15) is 9.59 Å². The number of carbonyl (C=O) groups is 1. The number of aromatic amines is 1. The smallest absolute Gasteiger partial charge is 0.252 e. The van der Waals surface area contributed by atoms with Crippen molar-refractivity contribution in [3.05, 3.63) is 40.2 Å². The van der Waals surface area contributed by atoms with Gasteiger partial charge in [0, 0.05) is 23.0 Å². The zero-order chi connectivity index (χ0) is 14.0. The molecule has 0 aliphatic heterocycles. The van der Waals surface area contributed by atoms with E-state index in [4.69, 9.17) is 4.74 Å². The lowest BCUT2D eigenvalue weighted by Gasteiger charge is -2.11. The van der Waals surface area contributed by atoms with Crippen LogP contribution in [0.25, 0.3) is 10.9 Å². The standard InChI is InChI=1S/C14H16N2O3/c1-8(2)15-14(18)11-7-13(17)16-12-5-4-9(19-3)6-10(11)12/h4-8H,1-3H3,(H,15,18)(H,16,17). The predicted molar refractivity (Wildman–Crippen MR) is 73.7 cm³/mol. The van der Waals surface area contributed by atoms with Crippen LogP contribution in [0.5, 0.6) is 5.75 Å². The molecule has 100 valence electrons. The molecule has 1 heterocycles. The van der Waals surface area contributed by atoms with Crippen molar-refractivity contribution in [2.75, 3.05) is 7.11 Å². The molecule has 2 N–H and O–H groups in total. The van der Waals surface area contributed by atoms with E-state index >= 15 is 0 Å². The first-order valence-electron chi connectivity index (χ1n) is 6.03. The van der Waals surface area contributed by atoms with Crippen LogP contribution in [0.1, 0.15) is 24.2 Å². The lowest BCUT2D eigenvalue weighted by atomic mass is 10.1. The molecular formula is C14H16N2O3. The number of fused-ring (bicyclic) bond motifs is 1. The fourth-order valence-electron chi connectivity index (χ4n) is 1.89. The number of carbonyl (C=O) groups excluding carboxylic acids is 1. The summed E-state index contributed by atoms with van der Waals surface area (Å²) in [5.41, 5.74) is 0.667. The molecule has 0 radical (unpaired) electrons. The van der Waals surface area contributed by atoms with Gasteiger partial charge in [0.15, 0.2) is 0 Å². The van der Waals surface area contributed by atoms with E-state index in [0.29, 0.717) is 22.2 Å². The zero-order valence-corrected chi connectivity index (χ0v) is 11.1. The second-order valence-corrected chi connectivity index (χ2v) is 4.59. The highest BCUT2D eigenvalue weighted by Gasteiger charge is 2.13. The van der Waals surface area contributed by atoms with E-state index in [1.165, 1.54) is 6.07 Å². The Hall–Kier alpha value is -2.30. The fourth-order valence-corrected chi connectivity index (χ4v) is 1.89. The van der Waals surface area contributed by atoms with Gasteiger partial charge in [-0.05, 0) is 32.0 Å². The number of ether oxygens (including phenoxy) is 1. The maximum Gasteiger partial charge on any atom is 0.252 e. The molecule has 1 aromatic carbocycles. The van der Waals surface area contributed by atoms with Crippen LogP contribution in [0, 0.1) is 0 Å². The molecule has 0 bridgehead atoms. The van der Waals surface area contributed by atoms with E-state index in [1.54, 1.807) is 25.3 Å². The number of H-pyrrole nitrogens is 1. The van der Waals surface area contributed by atoms with Crippen LogP contribution in [-0.2, 0) is 0 Å². The van der Waals surface area contributed by atoms with Gasteiger partial charge in [0.2, 0.25) is 5.56 Å². The van der Waals surface area contributed by atoms with Gasteiger partial charge in [-0.15, -0.1) is 0 Å². The molecule has 0 fully saturated rings. The van der Waals surface area contributed by atoms with E-state index in [1.807, 2.05) is 13.8 Å². The van der Waals surface area contributed by atoms with Crippen molar-refractivity contribution in [2.24, 2.45) is 0 Å². The topological polar surface area (TPSA) is 71.2 Å². The summed E-state index contributed by atoms with van der Waals surface area (Å²) in [7, 11) is 1.56. The third kappa shape index (κ3) is 2.76. The monoisotopic (exact) mass is 260 g/mol. The van der Waals surface area contributed by atoms with Crippen LogP contribution in [0.3, 0.4) is 0 Å². The number of benzene rings is 1. The molecule has 0 spiro atoms. The van der Waals surface area contributed by atoms with Gasteiger partial charge >= 0.3 is 0 Å². The molecule has 1 amide bonds. The highest BCUT2D eigenvalue weighted by Crippen LogP contribution is 2.21. The van der Waals surface area contributed by atoms with Gasteiger partial charge in [0.1, 0.15) is 5.75 Å². The molecule has 1 aromatic heterocycles. The Kier molecular flexibility index (Phi) is 3.55. The Bertz CT molecular complexity index is 674. The maximum absolute atomic E-state index is 12.1. The van der Waals surface area contributed by atoms with Crippen LogP contribution in [0.4, 0.5) is 0 Å². The molecule has 2 aromatic rings. The summed E-state index contributed by atoms with van der Waals surface area (Å²) in [6.45, 7) is 3.74. The minimum absolute atomic E-state index is 0.00689. The molecule has 0 saturated carbocycles. The van der Waals surface area contributed by atoms with Gasteiger partial charge in [-0.1, -0.05) is 0 Å². The van der Waals surface area contributed by atoms with Crippen molar-refractivity contribution in [2.45, 2.75) is 19.9 Å². The summed E-state index contributed by atoms with van der Waals surface area (Å²) in [6.07, 6.45) is 0. The number of aromatic nitrogens is 1. The highest BCUT2D eigenvalue weighted by atomic mass is 16.5. The molecule has 5 heteroatoms. The SMILES string of the molecule is COc1ccc2[nH]c(=O)cc(C(=O)NC(C)C)c2c1. The summed E-state index contributed by atoms with van der Waals surface area (Å²) >= 11 is 0. The van der Waals surface area contributed by atoms with Crippen LogP contribution in [-0.4, -0.2) is 24.0 Å². The number of amides is 1. The summed E-state index contributed by atoms with van der Waals surface area (Å²) in [5.74, 6) is 0.373. The highest BCUT2D eigenvalue weighted by molar-refractivity contribution is 6.06. The first-order valence-corrected chi connectivity index (χ1v) is 6.03. The Balaban J connectivity index is 2.63. The molecule has 19 heavy (non-hydrogen) atoms. The number of hydrogen-bond acceptors (Lipinski definition) is 3. The Morgan fingerprint density at radius 3 is 2.68 bits per heavy atom. The summed E-state index contributed by atoms with van der Waals surface area (Å²) in [6, 6.07) is 6.51. The normalized spacial score (nSPS) is 10.7. The van der Waals surface area contributed by atoms with Crippen LogP contribution < -0.4 is 15.6 Å². The van der Waals surface area contributed by atoms with Gasteiger partial charge in [0.05, 0.1) is 12.7 Å². The van der Waals surface area contributed by atoms with Gasteiger partial charge in [-0.25, -0.2) is 0 Å². The largest absolute Gasteiger partial charge is 0.497 e. The second-order valence-electron chi connectivity index (χ2n) is 4.59. The van der Waals surface area contributed by atoms with Crippen LogP contribution >= 0.6 is 0 Å². The maximum atomic E-state index is 12.1. The average Bonchev–Trinajstić information content (AvgIpc) is 2.36. The Labute approximate surface area is 110 Å². The van der Waals surface area contributed by atoms with Crippen molar-refractivity contribution in [3.8, 4) is 5.75 Å². The van der Waals surface area contributed by atoms with E-state index in [2.05, 4.69) is 10.3 Å². The third-order valence-electron chi connectivity index (χ3n) is 2.71. The predicted octanol–water partition coefficient (Wildman–Crippen LogP) is 1.67. The fraction of sp³-hybridized carbons (Fsp3) is 0.286. The molecule has 0 saturated heterocycles. The minimum atomic E-state index is -0.299. The number of methoxy groups -OCH3 is 1. The van der Waals surface area contributed by atoms with E-state index < -0.39 is 0 Å². The van der Waals surface area contributed by atoms with Crippen molar-refractivity contribution < 1.29 is 9.53 Å². The minimum Gasteiger partial charge on any atom is -0.497 e. The summed E-state index contributed by atoms with van der Waals surface area (Å²) in [4.78, 5) is 26.4. The first-order chi connectivity index (χ1) is 9.01. The number of pyridine rings is 1. The van der Waals surface area contributed by atoms with Crippen LogP contribution in [0.2, 0.25) is 0 Å². The van der Waals surface area contributed by atoms with Gasteiger partial charge in [0.25, 0.3) is 5.91 Å². The molecule has 0 aliphatic carbocycles. The summed E-state index contributed by atoms with van der Waals surface area (Å²) in [5, 5.41) is 3.45. The lowest BCUT2D eigenvalue weighted by molar-refractivity contribution is 0.0944. The van der Waals surface area contributed by atoms with Gasteiger partial charge in [-0.3, -0.25) is 9.59 Å². The Morgan fingerprint density at radius 2 is 2.05 bits per heavy atom. The zero-order valence-electron chi connectivity index (χ0n) is 11.1. The summed E-state index contributed by atoms with van der Waals surface area (Å²) < 4.78 is 5.14. The van der Waals surface area contributed by atoms with Crippen LogP contribution in [0.15, 0.2) is 29.1 Å². The molecular weight excluding hydrogens is 244 g/mol. The van der Waals surface area contributed by atoms with Gasteiger partial charge < -0.3 is 15.0 Å².